The second-order valence-electron chi connectivity index (χ2n) is 7.32. The van der Waals surface area contributed by atoms with Gasteiger partial charge in [-0.3, -0.25) is 5.32 Å². The molecule has 7 heteroatoms. The largest absolute Gasteiger partial charge is 0.338 e. The Labute approximate surface area is 149 Å². The third-order valence-electron chi connectivity index (χ3n) is 4.81. The van der Waals surface area contributed by atoms with Crippen molar-refractivity contribution in [2.75, 3.05) is 0 Å². The number of fused-ring (bicyclic) bond motifs is 1. The average molecular weight is 346 g/mol. The minimum atomic E-state index is 0.158. The molecule has 0 amide bonds. The van der Waals surface area contributed by atoms with Gasteiger partial charge in [0.2, 0.25) is 5.89 Å². The highest BCUT2D eigenvalue weighted by atomic mass is 16.5. The fraction of sp³-hybridized carbons (Fsp3) is 0.778. The molecule has 0 saturated heterocycles. The van der Waals surface area contributed by atoms with E-state index in [-0.39, 0.29) is 6.04 Å². The molecule has 1 aliphatic heterocycles. The summed E-state index contributed by atoms with van der Waals surface area (Å²) in [6, 6.07) is 0.158. The zero-order valence-corrected chi connectivity index (χ0v) is 15.7. The second kappa shape index (κ2) is 8.56. The third kappa shape index (κ3) is 4.66. The molecule has 0 saturated carbocycles. The van der Waals surface area contributed by atoms with Crippen LogP contribution in [0.25, 0.3) is 0 Å². The SMILES string of the molecule is CCC(NCc1nc(CCC(C)C)no1)c1nnc2n1CCCCC2. The molecule has 25 heavy (non-hydrogen) atoms. The van der Waals surface area contributed by atoms with Gasteiger partial charge in [0.1, 0.15) is 11.6 Å². The molecule has 1 unspecified atom stereocenters. The average Bonchev–Trinajstić information content (AvgIpc) is 3.15. The minimum Gasteiger partial charge on any atom is -0.338 e. The van der Waals surface area contributed by atoms with E-state index in [1.54, 1.807) is 0 Å². The predicted molar refractivity (Wildman–Crippen MR) is 94.9 cm³/mol. The molecule has 0 bridgehead atoms. The summed E-state index contributed by atoms with van der Waals surface area (Å²) in [7, 11) is 0. The van der Waals surface area contributed by atoms with Crippen LogP contribution < -0.4 is 5.32 Å². The monoisotopic (exact) mass is 346 g/mol. The first-order valence-electron chi connectivity index (χ1n) is 9.64. The van der Waals surface area contributed by atoms with E-state index in [0.717, 1.165) is 49.7 Å². The number of nitrogens with zero attached hydrogens (tertiary/aromatic N) is 5. The number of aromatic nitrogens is 5. The standard InChI is InChI=1S/C18H30N6O/c1-4-14(18-22-21-16-8-6-5-7-11-24(16)18)19-12-17-20-15(23-25-17)10-9-13(2)3/h13-14,19H,4-12H2,1-3H3. The Morgan fingerprint density at radius 2 is 2.08 bits per heavy atom. The zero-order chi connectivity index (χ0) is 17.6. The molecule has 0 fully saturated rings. The maximum Gasteiger partial charge on any atom is 0.240 e. The van der Waals surface area contributed by atoms with Gasteiger partial charge in [0, 0.05) is 19.4 Å². The molecule has 0 aliphatic carbocycles. The normalized spacial score (nSPS) is 16.0. The number of hydrogen-bond acceptors (Lipinski definition) is 6. The Hall–Kier alpha value is -1.76. The molecule has 1 aliphatic rings. The highest BCUT2D eigenvalue weighted by Crippen LogP contribution is 2.21. The van der Waals surface area contributed by atoms with E-state index in [9.17, 15) is 0 Å². The van der Waals surface area contributed by atoms with E-state index < -0.39 is 0 Å². The highest BCUT2D eigenvalue weighted by Gasteiger charge is 2.21. The lowest BCUT2D eigenvalue weighted by Crippen LogP contribution is -2.24. The molecular weight excluding hydrogens is 316 g/mol. The van der Waals surface area contributed by atoms with Gasteiger partial charge < -0.3 is 9.09 Å². The Morgan fingerprint density at radius 3 is 2.88 bits per heavy atom. The topological polar surface area (TPSA) is 81.7 Å². The summed E-state index contributed by atoms with van der Waals surface area (Å²) in [5.74, 6) is 4.26. The summed E-state index contributed by atoms with van der Waals surface area (Å²) in [5, 5.41) is 16.5. The van der Waals surface area contributed by atoms with Crippen LogP contribution >= 0.6 is 0 Å². The molecule has 0 aromatic carbocycles. The lowest BCUT2D eigenvalue weighted by Gasteiger charge is -2.16. The summed E-state index contributed by atoms with van der Waals surface area (Å²) in [6.45, 7) is 8.16. The molecule has 7 nitrogen and oxygen atoms in total. The van der Waals surface area contributed by atoms with E-state index >= 15 is 0 Å². The lowest BCUT2D eigenvalue weighted by molar-refractivity contribution is 0.346. The second-order valence-corrected chi connectivity index (χ2v) is 7.32. The van der Waals surface area contributed by atoms with Crippen molar-refractivity contribution in [2.45, 2.75) is 84.8 Å². The van der Waals surface area contributed by atoms with Crippen molar-refractivity contribution in [2.24, 2.45) is 5.92 Å². The van der Waals surface area contributed by atoms with Crippen molar-refractivity contribution < 1.29 is 4.52 Å². The maximum atomic E-state index is 5.38. The van der Waals surface area contributed by atoms with Crippen molar-refractivity contribution in [3.05, 3.63) is 23.4 Å². The van der Waals surface area contributed by atoms with Crippen molar-refractivity contribution in [1.29, 1.82) is 0 Å². The van der Waals surface area contributed by atoms with Crippen molar-refractivity contribution in [3.8, 4) is 0 Å². The number of rotatable bonds is 8. The quantitative estimate of drug-likeness (QED) is 0.790. The minimum absolute atomic E-state index is 0.158. The van der Waals surface area contributed by atoms with Crippen LogP contribution in [-0.4, -0.2) is 24.9 Å². The van der Waals surface area contributed by atoms with Crippen LogP contribution in [0.15, 0.2) is 4.52 Å². The summed E-state index contributed by atoms with van der Waals surface area (Å²) in [4.78, 5) is 4.49. The number of hydrogen-bond donors (Lipinski definition) is 1. The Bertz CT molecular complexity index is 662. The molecule has 1 N–H and O–H groups in total. The van der Waals surface area contributed by atoms with Crippen LogP contribution in [0, 0.1) is 5.92 Å². The van der Waals surface area contributed by atoms with Crippen LogP contribution in [-0.2, 0) is 25.9 Å². The van der Waals surface area contributed by atoms with Crippen LogP contribution in [0.3, 0.4) is 0 Å². The summed E-state index contributed by atoms with van der Waals surface area (Å²) in [6.07, 6.45) is 7.62. The van der Waals surface area contributed by atoms with E-state index in [0.29, 0.717) is 18.4 Å². The summed E-state index contributed by atoms with van der Waals surface area (Å²) < 4.78 is 7.68. The van der Waals surface area contributed by atoms with Gasteiger partial charge in [-0.2, -0.15) is 4.98 Å². The Morgan fingerprint density at radius 1 is 1.20 bits per heavy atom. The van der Waals surface area contributed by atoms with Gasteiger partial charge in [-0.1, -0.05) is 32.3 Å². The smallest absolute Gasteiger partial charge is 0.240 e. The van der Waals surface area contributed by atoms with Gasteiger partial charge in [0.25, 0.3) is 0 Å². The Kier molecular flexibility index (Phi) is 6.18. The molecule has 138 valence electrons. The molecule has 3 heterocycles. The maximum absolute atomic E-state index is 5.38. The van der Waals surface area contributed by atoms with Gasteiger partial charge in [-0.15, -0.1) is 10.2 Å². The number of aryl methyl sites for hydroxylation is 2. The fourth-order valence-electron chi connectivity index (χ4n) is 3.28. The van der Waals surface area contributed by atoms with Crippen molar-refractivity contribution in [3.63, 3.8) is 0 Å². The van der Waals surface area contributed by atoms with Crippen LogP contribution in [0.1, 0.15) is 82.3 Å². The van der Waals surface area contributed by atoms with Crippen LogP contribution in [0.5, 0.6) is 0 Å². The van der Waals surface area contributed by atoms with Gasteiger partial charge >= 0.3 is 0 Å². The highest BCUT2D eigenvalue weighted by molar-refractivity contribution is 5.03. The summed E-state index contributed by atoms with van der Waals surface area (Å²) in [5.41, 5.74) is 0. The fourth-order valence-corrected chi connectivity index (χ4v) is 3.28. The first-order chi connectivity index (χ1) is 12.2. The van der Waals surface area contributed by atoms with Crippen molar-refractivity contribution in [1.82, 2.24) is 30.2 Å². The molecular formula is C18H30N6O. The zero-order valence-electron chi connectivity index (χ0n) is 15.7. The third-order valence-corrected chi connectivity index (χ3v) is 4.81. The van der Waals surface area contributed by atoms with E-state index in [1.165, 1.54) is 19.3 Å². The lowest BCUT2D eigenvalue weighted by atomic mass is 10.1. The van der Waals surface area contributed by atoms with E-state index in [4.69, 9.17) is 4.52 Å². The molecule has 2 aromatic heterocycles. The van der Waals surface area contributed by atoms with Gasteiger partial charge in [-0.25, -0.2) is 0 Å². The van der Waals surface area contributed by atoms with Crippen LogP contribution in [0.4, 0.5) is 0 Å². The van der Waals surface area contributed by atoms with Gasteiger partial charge in [0.05, 0.1) is 12.6 Å². The van der Waals surface area contributed by atoms with Crippen LogP contribution in [0.2, 0.25) is 0 Å². The van der Waals surface area contributed by atoms with Crippen molar-refractivity contribution >= 4 is 0 Å². The molecule has 0 spiro atoms. The molecule has 0 radical (unpaired) electrons. The first-order valence-corrected chi connectivity index (χ1v) is 9.64. The van der Waals surface area contributed by atoms with E-state index in [1.807, 2.05) is 0 Å². The summed E-state index contributed by atoms with van der Waals surface area (Å²) >= 11 is 0. The van der Waals surface area contributed by atoms with Gasteiger partial charge in [-0.05, 0) is 31.6 Å². The number of nitrogens with one attached hydrogen (secondary N) is 1. The molecule has 1 atom stereocenters. The molecule has 3 rings (SSSR count). The Balaban J connectivity index is 1.61. The van der Waals surface area contributed by atoms with Gasteiger partial charge in [0.15, 0.2) is 5.82 Å². The van der Waals surface area contributed by atoms with E-state index in [2.05, 4.69) is 51.0 Å². The predicted octanol–water partition coefficient (Wildman–Crippen LogP) is 3.22. The molecule has 2 aromatic rings. The first kappa shape index (κ1) is 18.0.